The topological polar surface area (TPSA) is 99.1 Å². The van der Waals surface area contributed by atoms with Gasteiger partial charge in [0.1, 0.15) is 6.61 Å². The summed E-state index contributed by atoms with van der Waals surface area (Å²) in [6.45, 7) is 4.40. The van der Waals surface area contributed by atoms with Gasteiger partial charge in [0.25, 0.3) is 0 Å². The first-order chi connectivity index (χ1) is 32.6. The number of ether oxygens (including phenoxy) is 3. The van der Waals surface area contributed by atoms with Crippen molar-refractivity contribution >= 4 is 17.9 Å². The van der Waals surface area contributed by atoms with Gasteiger partial charge in [-0.3, -0.25) is 9.59 Å². The zero-order valence-electron chi connectivity index (χ0n) is 42.5. The van der Waals surface area contributed by atoms with Crippen molar-refractivity contribution in [3.05, 3.63) is 146 Å². The summed E-state index contributed by atoms with van der Waals surface area (Å²) in [4.78, 5) is 37.2. The molecule has 0 radical (unpaired) electrons. The van der Waals surface area contributed by atoms with Crippen molar-refractivity contribution in [2.24, 2.45) is 0 Å². The van der Waals surface area contributed by atoms with E-state index in [4.69, 9.17) is 14.2 Å². The summed E-state index contributed by atoms with van der Waals surface area (Å²) >= 11 is 0. The molecule has 0 aromatic heterocycles. The zero-order valence-corrected chi connectivity index (χ0v) is 42.5. The highest BCUT2D eigenvalue weighted by Gasteiger charge is 2.31. The van der Waals surface area contributed by atoms with Crippen LogP contribution in [0.2, 0.25) is 0 Å². The van der Waals surface area contributed by atoms with Crippen LogP contribution in [0.5, 0.6) is 0 Å². The molecule has 2 atom stereocenters. The highest BCUT2D eigenvalue weighted by molar-refractivity contribution is 5.72. The Hall–Kier alpha value is -4.79. The number of carboxylic acids is 1. The number of unbranched alkanes of at least 4 members (excludes halogenated alkanes) is 5. The molecule has 0 aliphatic rings. The van der Waals surface area contributed by atoms with Crippen LogP contribution < -0.4 is 0 Å². The fraction of sp³-hybridized carbons (Fsp3) is 0.542. The van der Waals surface area contributed by atoms with Gasteiger partial charge in [-0.2, -0.15) is 0 Å². The minimum Gasteiger partial charge on any atom is -0.477 e. The van der Waals surface area contributed by atoms with Gasteiger partial charge in [0, 0.05) is 19.3 Å². The van der Waals surface area contributed by atoms with Crippen LogP contribution in [-0.4, -0.2) is 80.6 Å². The first kappa shape index (κ1) is 62.2. The molecule has 0 aromatic carbocycles. The first-order valence-corrected chi connectivity index (χ1v) is 25.4. The predicted molar refractivity (Wildman–Crippen MR) is 284 cm³/mol. The Balaban J connectivity index is 4.46. The number of hydrogen-bond donors (Lipinski definition) is 1. The van der Waals surface area contributed by atoms with E-state index >= 15 is 0 Å². The molecule has 374 valence electrons. The van der Waals surface area contributed by atoms with E-state index in [1.807, 2.05) is 21.1 Å². The molecule has 8 nitrogen and oxygen atoms in total. The van der Waals surface area contributed by atoms with Gasteiger partial charge in [-0.25, -0.2) is 4.79 Å². The number of carbonyl (C=O) groups excluding carboxylic acids is 2. The van der Waals surface area contributed by atoms with Crippen molar-refractivity contribution in [1.29, 1.82) is 0 Å². The third-order valence-corrected chi connectivity index (χ3v) is 10.2. The van der Waals surface area contributed by atoms with Crippen LogP contribution in [-0.2, 0) is 28.6 Å². The van der Waals surface area contributed by atoms with Crippen LogP contribution in [0.3, 0.4) is 0 Å². The molecule has 0 amide bonds. The highest BCUT2D eigenvalue weighted by atomic mass is 16.6. The summed E-state index contributed by atoms with van der Waals surface area (Å²) < 4.78 is 17.3. The Bertz CT molecular complexity index is 1590. The van der Waals surface area contributed by atoms with Crippen LogP contribution in [0.4, 0.5) is 0 Å². The Labute approximate surface area is 408 Å². The summed E-state index contributed by atoms with van der Waals surface area (Å²) in [6, 6.07) is -0.639. The summed E-state index contributed by atoms with van der Waals surface area (Å²) in [7, 11) is 5.49. The molecule has 0 aliphatic heterocycles. The van der Waals surface area contributed by atoms with E-state index in [-0.39, 0.29) is 49.1 Å². The molecule has 0 rings (SSSR count). The molecular weight excluding hydrogens is 835 g/mol. The van der Waals surface area contributed by atoms with Gasteiger partial charge in [0.2, 0.25) is 0 Å². The Morgan fingerprint density at radius 2 is 0.791 bits per heavy atom. The van der Waals surface area contributed by atoms with Gasteiger partial charge in [-0.1, -0.05) is 166 Å². The van der Waals surface area contributed by atoms with E-state index in [0.717, 1.165) is 109 Å². The minimum atomic E-state index is -0.894. The van der Waals surface area contributed by atoms with E-state index in [1.165, 1.54) is 0 Å². The minimum absolute atomic E-state index is 0.0217. The number of hydrogen-bond acceptors (Lipinski definition) is 6. The largest absolute Gasteiger partial charge is 0.477 e. The number of likely N-dealkylation sites (N-methyl/N-ethyl adjacent to an activating group) is 1. The monoisotopic (exact) mass is 927 g/mol. The lowest BCUT2D eigenvalue weighted by atomic mass is 10.1. The quantitative estimate of drug-likeness (QED) is 0.0281. The lowest BCUT2D eigenvalue weighted by Gasteiger charge is -2.31. The second-order valence-corrected chi connectivity index (χ2v) is 17.3. The van der Waals surface area contributed by atoms with Crippen LogP contribution in [0.25, 0.3) is 0 Å². The molecule has 0 spiro atoms. The van der Waals surface area contributed by atoms with Gasteiger partial charge in [-0.05, 0) is 116 Å². The number of allylic oxidation sites excluding steroid dienone is 24. The fourth-order valence-corrected chi connectivity index (χ4v) is 6.39. The van der Waals surface area contributed by atoms with Crippen LogP contribution in [0, 0.1) is 0 Å². The van der Waals surface area contributed by atoms with Crippen LogP contribution in [0.1, 0.15) is 155 Å². The summed E-state index contributed by atoms with van der Waals surface area (Å²) in [5, 5.41) is 9.66. The van der Waals surface area contributed by atoms with E-state index in [1.54, 1.807) is 0 Å². The third kappa shape index (κ3) is 46.1. The molecule has 0 aliphatic carbocycles. The smallest absolute Gasteiger partial charge is 0.362 e. The van der Waals surface area contributed by atoms with Crippen LogP contribution >= 0.6 is 0 Å². The number of rotatable bonds is 43. The second-order valence-electron chi connectivity index (χ2n) is 17.3. The molecule has 67 heavy (non-hydrogen) atoms. The highest BCUT2D eigenvalue weighted by Crippen LogP contribution is 2.11. The zero-order chi connectivity index (χ0) is 49.2. The molecule has 0 fully saturated rings. The summed E-state index contributed by atoms with van der Waals surface area (Å²) in [5.74, 6) is -1.59. The molecule has 0 aromatic rings. The Morgan fingerprint density at radius 3 is 1.16 bits per heavy atom. The molecular formula is C59H92NO7+. The normalized spacial score (nSPS) is 14.1. The van der Waals surface area contributed by atoms with Gasteiger partial charge in [0.05, 0.1) is 34.4 Å². The second kappa shape index (κ2) is 47.7. The molecule has 2 unspecified atom stereocenters. The third-order valence-electron chi connectivity index (χ3n) is 10.2. The maximum atomic E-state index is 12.8. The standard InChI is InChI=1S/C59H91NO7/c1-6-8-10-12-14-16-18-20-22-24-26-28-30-32-34-36-38-40-42-44-46-48-50-58(62)67-55(53-65-52-51-56(59(63)64)60(3,4)5)54-66-57(61)49-47-45-43-41-39-37-35-33-31-29-27-25-23-21-19-17-15-13-11-9-7-2/h8-11,14-17,20-23,26-29,32-35,38-41,55-56H,6-7,12-13,18-19,24-25,30-31,36-37,42-54H2,1-5H3/p+1/b10-8+,11-9+,16-14+,17-15+,22-20+,23-21+,28-26+,29-27+,34-32+,35-33+,40-38+,41-39+. The van der Waals surface area contributed by atoms with Crippen molar-refractivity contribution in [3.63, 3.8) is 0 Å². The lowest BCUT2D eigenvalue weighted by molar-refractivity contribution is -0.887. The van der Waals surface area contributed by atoms with Crippen molar-refractivity contribution in [2.75, 3.05) is 41.0 Å². The number of nitrogens with zero attached hydrogens (tertiary/aromatic N) is 1. The first-order valence-electron chi connectivity index (χ1n) is 25.4. The maximum absolute atomic E-state index is 12.8. The van der Waals surface area contributed by atoms with Gasteiger partial charge in [-0.15, -0.1) is 0 Å². The van der Waals surface area contributed by atoms with Crippen molar-refractivity contribution in [2.45, 2.75) is 167 Å². The molecule has 0 bridgehead atoms. The fourth-order valence-electron chi connectivity index (χ4n) is 6.39. The van der Waals surface area contributed by atoms with E-state index in [0.29, 0.717) is 19.3 Å². The summed E-state index contributed by atoms with van der Waals surface area (Å²) in [6.07, 6.45) is 70.4. The number of quaternary nitrogens is 1. The predicted octanol–water partition coefficient (Wildman–Crippen LogP) is 14.9. The van der Waals surface area contributed by atoms with Crippen molar-refractivity contribution in [1.82, 2.24) is 0 Å². The van der Waals surface area contributed by atoms with Gasteiger partial charge < -0.3 is 23.8 Å². The number of esters is 2. The molecule has 8 heteroatoms. The average Bonchev–Trinajstić information content (AvgIpc) is 3.29. The van der Waals surface area contributed by atoms with Gasteiger partial charge >= 0.3 is 17.9 Å². The number of carboxylic acid groups (broad SMARTS) is 1. The molecule has 0 saturated carbocycles. The lowest BCUT2D eigenvalue weighted by Crippen LogP contribution is -2.50. The summed E-state index contributed by atoms with van der Waals surface area (Å²) in [5.41, 5.74) is 0. The van der Waals surface area contributed by atoms with Crippen LogP contribution in [0.15, 0.2) is 146 Å². The van der Waals surface area contributed by atoms with E-state index < -0.39 is 18.1 Å². The van der Waals surface area contributed by atoms with Gasteiger partial charge in [0.15, 0.2) is 12.1 Å². The van der Waals surface area contributed by atoms with E-state index in [9.17, 15) is 19.5 Å². The van der Waals surface area contributed by atoms with Crippen molar-refractivity contribution < 1.29 is 38.2 Å². The molecule has 0 heterocycles. The Morgan fingerprint density at radius 1 is 0.448 bits per heavy atom. The average molecular weight is 927 g/mol. The SMILES string of the molecule is CC/C=C/C/C=C/C/C=C/C/C=C/C/C=C/C/C=C/CCCCCC(=O)OC(COCCC(C(=O)O)[N+](C)(C)C)COC(=O)CCCC/C=C/C/C=C/C/C=C/C/C=C/C/C=C/C/C=C/CC. The van der Waals surface area contributed by atoms with E-state index in [2.05, 4.69) is 160 Å². The van der Waals surface area contributed by atoms with Crippen molar-refractivity contribution in [3.8, 4) is 0 Å². The molecule has 0 saturated heterocycles. The molecule has 1 N–H and O–H groups in total. The Kier molecular flexibility index (Phi) is 44.3. The number of carbonyl (C=O) groups is 3. The number of aliphatic carboxylic acids is 1. The maximum Gasteiger partial charge on any atom is 0.362 e.